The van der Waals surface area contributed by atoms with Crippen LogP contribution < -0.4 is 10.1 Å². The zero-order valence-electron chi connectivity index (χ0n) is 17.3. The van der Waals surface area contributed by atoms with Crippen LogP contribution >= 0.6 is 11.6 Å². The van der Waals surface area contributed by atoms with Gasteiger partial charge in [-0.1, -0.05) is 18.0 Å². The second-order valence-corrected chi connectivity index (χ2v) is 9.40. The van der Waals surface area contributed by atoms with E-state index >= 15 is 0 Å². The summed E-state index contributed by atoms with van der Waals surface area (Å²) < 4.78 is 51.0. The molecular formula is C21H22ClFN2O6S. The number of nitrogens with one attached hydrogen (secondary N) is 1. The normalized spacial score (nSPS) is 14.6. The molecule has 0 radical (unpaired) electrons. The van der Waals surface area contributed by atoms with Crippen LogP contribution in [0.1, 0.15) is 29.6 Å². The molecule has 0 bridgehead atoms. The van der Waals surface area contributed by atoms with Gasteiger partial charge in [-0.15, -0.1) is 0 Å². The molecule has 1 N–H and O–H groups in total. The summed E-state index contributed by atoms with van der Waals surface area (Å²) in [7, 11) is -2.63. The molecule has 32 heavy (non-hydrogen) atoms. The van der Waals surface area contributed by atoms with E-state index in [1.54, 1.807) is 12.1 Å². The van der Waals surface area contributed by atoms with E-state index in [1.807, 2.05) is 0 Å². The molecule has 3 rings (SSSR count). The zero-order chi connectivity index (χ0) is 23.3. The number of halogens is 2. The van der Waals surface area contributed by atoms with Crippen molar-refractivity contribution in [2.45, 2.75) is 24.2 Å². The maximum atomic E-state index is 14.3. The van der Waals surface area contributed by atoms with Crippen molar-refractivity contribution in [2.75, 3.05) is 32.1 Å². The number of esters is 1. The summed E-state index contributed by atoms with van der Waals surface area (Å²) in [4.78, 5) is 23.8. The molecule has 0 spiro atoms. The van der Waals surface area contributed by atoms with Gasteiger partial charge in [0.25, 0.3) is 5.91 Å². The van der Waals surface area contributed by atoms with Crippen molar-refractivity contribution in [3.05, 3.63) is 52.8 Å². The zero-order valence-corrected chi connectivity index (χ0v) is 18.8. The maximum absolute atomic E-state index is 14.3. The number of piperidine rings is 1. The molecule has 172 valence electrons. The Balaban J connectivity index is 1.66. The predicted molar refractivity (Wildman–Crippen MR) is 116 cm³/mol. The van der Waals surface area contributed by atoms with Gasteiger partial charge in [-0.3, -0.25) is 4.79 Å². The van der Waals surface area contributed by atoms with E-state index in [-0.39, 0.29) is 10.6 Å². The fraction of sp³-hybridized carbons (Fsp3) is 0.333. The second kappa shape index (κ2) is 10.3. The summed E-state index contributed by atoms with van der Waals surface area (Å²) in [5.41, 5.74) is 0.191. The average Bonchev–Trinajstić information content (AvgIpc) is 2.78. The van der Waals surface area contributed by atoms with Crippen molar-refractivity contribution in [3.8, 4) is 5.75 Å². The number of benzene rings is 2. The number of carbonyl (C=O) groups excluding carboxylic acids is 2. The molecule has 0 aromatic heterocycles. The molecule has 0 atom stereocenters. The highest BCUT2D eigenvalue weighted by atomic mass is 35.5. The SMILES string of the molecule is COc1ccc(NC(=O)COC(=O)c2ccc(F)c(S(=O)(=O)N3CCCCC3)c2)cc1Cl. The first kappa shape index (κ1) is 24.0. The highest BCUT2D eigenvalue weighted by molar-refractivity contribution is 7.89. The molecule has 0 unspecified atom stereocenters. The topological polar surface area (TPSA) is 102 Å². The molecule has 1 amide bonds. The van der Waals surface area contributed by atoms with Gasteiger partial charge >= 0.3 is 5.97 Å². The van der Waals surface area contributed by atoms with Gasteiger partial charge in [0, 0.05) is 18.8 Å². The number of hydrogen-bond donors (Lipinski definition) is 1. The van der Waals surface area contributed by atoms with Crippen LogP contribution in [0, 0.1) is 5.82 Å². The van der Waals surface area contributed by atoms with Crippen molar-refractivity contribution in [1.29, 1.82) is 0 Å². The van der Waals surface area contributed by atoms with E-state index in [9.17, 15) is 22.4 Å². The number of anilines is 1. The summed E-state index contributed by atoms with van der Waals surface area (Å²) in [5, 5.41) is 2.80. The molecular weight excluding hydrogens is 463 g/mol. The molecule has 2 aromatic rings. The highest BCUT2D eigenvalue weighted by Crippen LogP contribution is 2.27. The van der Waals surface area contributed by atoms with Crippen LogP contribution in [0.15, 0.2) is 41.3 Å². The first-order valence-electron chi connectivity index (χ1n) is 9.82. The lowest BCUT2D eigenvalue weighted by Gasteiger charge is -2.26. The van der Waals surface area contributed by atoms with E-state index < -0.39 is 39.2 Å². The predicted octanol–water partition coefficient (Wildman–Crippen LogP) is 3.46. The maximum Gasteiger partial charge on any atom is 0.338 e. The number of amides is 1. The molecule has 1 heterocycles. The van der Waals surface area contributed by atoms with Crippen molar-refractivity contribution >= 4 is 39.2 Å². The van der Waals surface area contributed by atoms with Crippen LogP contribution in [-0.4, -0.2) is 51.4 Å². The van der Waals surface area contributed by atoms with Crippen molar-refractivity contribution in [3.63, 3.8) is 0 Å². The lowest BCUT2D eigenvalue weighted by molar-refractivity contribution is -0.119. The Morgan fingerprint density at radius 2 is 1.84 bits per heavy atom. The first-order valence-corrected chi connectivity index (χ1v) is 11.6. The summed E-state index contributed by atoms with van der Waals surface area (Å²) in [6.45, 7) is -0.0357. The van der Waals surface area contributed by atoms with Gasteiger partial charge in [0.15, 0.2) is 6.61 Å². The number of ether oxygens (including phenoxy) is 2. The van der Waals surface area contributed by atoms with Crippen LogP contribution in [0.4, 0.5) is 10.1 Å². The molecule has 1 fully saturated rings. The van der Waals surface area contributed by atoms with Crippen LogP contribution in [0.5, 0.6) is 5.75 Å². The molecule has 11 heteroatoms. The Bertz CT molecular complexity index is 1120. The van der Waals surface area contributed by atoms with Crippen molar-refractivity contribution in [2.24, 2.45) is 0 Å². The van der Waals surface area contributed by atoms with Gasteiger partial charge in [-0.25, -0.2) is 17.6 Å². The minimum Gasteiger partial charge on any atom is -0.495 e. The Labute approximate surface area is 190 Å². The monoisotopic (exact) mass is 484 g/mol. The Kier molecular flexibility index (Phi) is 7.70. The number of nitrogens with zero attached hydrogens (tertiary/aromatic N) is 1. The summed E-state index contributed by atoms with van der Waals surface area (Å²) in [6.07, 6.45) is 2.29. The van der Waals surface area contributed by atoms with Gasteiger partial charge in [0.1, 0.15) is 16.5 Å². The molecule has 1 aliphatic heterocycles. The number of rotatable bonds is 7. The minimum atomic E-state index is -4.08. The van der Waals surface area contributed by atoms with Gasteiger partial charge in [0.05, 0.1) is 17.7 Å². The second-order valence-electron chi connectivity index (χ2n) is 7.08. The van der Waals surface area contributed by atoms with E-state index in [0.29, 0.717) is 37.4 Å². The lowest BCUT2D eigenvalue weighted by Crippen LogP contribution is -2.36. The van der Waals surface area contributed by atoms with E-state index in [4.69, 9.17) is 21.1 Å². The number of hydrogen-bond acceptors (Lipinski definition) is 6. The van der Waals surface area contributed by atoms with Gasteiger partial charge in [-0.2, -0.15) is 4.31 Å². The smallest absolute Gasteiger partial charge is 0.338 e. The molecule has 0 saturated carbocycles. The van der Waals surface area contributed by atoms with E-state index in [2.05, 4.69) is 5.32 Å². The quantitative estimate of drug-likeness (QED) is 0.604. The Morgan fingerprint density at radius 3 is 2.50 bits per heavy atom. The van der Waals surface area contributed by atoms with E-state index in [0.717, 1.165) is 24.6 Å². The average molecular weight is 485 g/mol. The number of carbonyl (C=O) groups is 2. The largest absolute Gasteiger partial charge is 0.495 e. The fourth-order valence-electron chi connectivity index (χ4n) is 3.23. The lowest BCUT2D eigenvalue weighted by atomic mass is 10.2. The Morgan fingerprint density at radius 1 is 1.12 bits per heavy atom. The van der Waals surface area contributed by atoms with Crippen molar-refractivity contribution in [1.82, 2.24) is 4.31 Å². The third kappa shape index (κ3) is 5.56. The molecule has 1 saturated heterocycles. The molecule has 1 aliphatic rings. The Hall–Kier alpha value is -2.69. The van der Waals surface area contributed by atoms with Crippen LogP contribution in [0.3, 0.4) is 0 Å². The molecule has 2 aromatic carbocycles. The number of sulfonamides is 1. The van der Waals surface area contributed by atoms with E-state index in [1.165, 1.54) is 17.5 Å². The molecule has 8 nitrogen and oxygen atoms in total. The van der Waals surface area contributed by atoms with Crippen LogP contribution in [-0.2, 0) is 19.6 Å². The standard InChI is InChI=1S/C21H22ClFN2O6S/c1-30-18-8-6-15(12-16(18)22)24-20(26)13-31-21(27)14-5-7-17(23)19(11-14)32(28,29)25-9-3-2-4-10-25/h5-8,11-12H,2-4,9-10,13H2,1H3,(H,24,26). The fourth-order valence-corrected chi connectivity index (χ4v) is 5.09. The summed E-state index contributed by atoms with van der Waals surface area (Å²) in [6, 6.07) is 7.52. The third-order valence-corrected chi connectivity index (χ3v) is 7.08. The van der Waals surface area contributed by atoms with Gasteiger partial charge in [-0.05, 0) is 49.2 Å². The van der Waals surface area contributed by atoms with Gasteiger partial charge < -0.3 is 14.8 Å². The number of methoxy groups -OCH3 is 1. The summed E-state index contributed by atoms with van der Waals surface area (Å²) >= 11 is 6.00. The van der Waals surface area contributed by atoms with Crippen LogP contribution in [0.2, 0.25) is 5.02 Å². The van der Waals surface area contributed by atoms with Crippen LogP contribution in [0.25, 0.3) is 0 Å². The minimum absolute atomic E-state index is 0.178. The molecule has 0 aliphatic carbocycles. The van der Waals surface area contributed by atoms with Crippen molar-refractivity contribution < 1.29 is 31.9 Å². The first-order chi connectivity index (χ1) is 15.2. The third-order valence-electron chi connectivity index (χ3n) is 4.87. The van der Waals surface area contributed by atoms with Gasteiger partial charge in [0.2, 0.25) is 10.0 Å². The summed E-state index contributed by atoms with van der Waals surface area (Å²) in [5.74, 6) is -2.12. The highest BCUT2D eigenvalue weighted by Gasteiger charge is 2.29.